The van der Waals surface area contributed by atoms with Crippen molar-refractivity contribution in [3.63, 3.8) is 0 Å². The third kappa shape index (κ3) is 5.68. The molecule has 1 aromatic heterocycles. The van der Waals surface area contributed by atoms with Gasteiger partial charge < -0.3 is 20.3 Å². The lowest BCUT2D eigenvalue weighted by atomic mass is 10.1. The van der Waals surface area contributed by atoms with Crippen molar-refractivity contribution in [2.75, 3.05) is 37.9 Å². The maximum Gasteiger partial charge on any atom is 0.284 e. The molecule has 168 valence electrons. The molecule has 0 aliphatic carbocycles. The molecule has 0 saturated heterocycles. The normalized spacial score (nSPS) is 11.7. The first-order valence-corrected chi connectivity index (χ1v) is 10.1. The summed E-state index contributed by atoms with van der Waals surface area (Å²) in [5.74, 6) is -1.63. The molecular weight excluding hydrogens is 440 g/mol. The van der Waals surface area contributed by atoms with Crippen molar-refractivity contribution < 1.29 is 18.3 Å². The second kappa shape index (κ2) is 10.3. The van der Waals surface area contributed by atoms with Crippen LogP contribution < -0.4 is 15.4 Å². The van der Waals surface area contributed by atoms with Crippen LogP contribution in [0.2, 0.25) is 5.02 Å². The highest BCUT2D eigenvalue weighted by Crippen LogP contribution is 2.34. The first kappa shape index (κ1) is 23.4. The van der Waals surface area contributed by atoms with Crippen molar-refractivity contribution in [2.24, 2.45) is 0 Å². The summed E-state index contributed by atoms with van der Waals surface area (Å²) in [6.07, 6.45) is 2.54. The quantitative estimate of drug-likeness (QED) is 0.464. The predicted molar refractivity (Wildman–Crippen MR) is 122 cm³/mol. The zero-order valence-electron chi connectivity index (χ0n) is 17.7. The fourth-order valence-electron chi connectivity index (χ4n) is 2.80. The SMILES string of the molecule is CCOc1cc2ncnc(Nc3ccc(F)c(Cl)c3)c2cc1NC(=O)/C(F)=C/CN(C)C. The van der Waals surface area contributed by atoms with Crippen LogP contribution in [0.15, 0.2) is 48.6 Å². The number of hydrogen-bond donors (Lipinski definition) is 2. The van der Waals surface area contributed by atoms with Gasteiger partial charge in [0, 0.05) is 23.7 Å². The molecule has 0 fully saturated rings. The number of amides is 1. The molecule has 3 rings (SSSR count). The molecule has 0 radical (unpaired) electrons. The van der Waals surface area contributed by atoms with Gasteiger partial charge in [-0.25, -0.2) is 18.7 Å². The molecule has 0 aliphatic rings. The van der Waals surface area contributed by atoms with Gasteiger partial charge in [-0.15, -0.1) is 0 Å². The van der Waals surface area contributed by atoms with Crippen LogP contribution >= 0.6 is 11.6 Å². The van der Waals surface area contributed by atoms with Gasteiger partial charge in [-0.3, -0.25) is 4.79 Å². The maximum atomic E-state index is 14.2. The summed E-state index contributed by atoms with van der Waals surface area (Å²) in [4.78, 5) is 22.5. The summed E-state index contributed by atoms with van der Waals surface area (Å²) in [6.45, 7) is 2.40. The van der Waals surface area contributed by atoms with Crippen LogP contribution in [0, 0.1) is 5.82 Å². The van der Waals surface area contributed by atoms with E-state index in [4.69, 9.17) is 16.3 Å². The van der Waals surface area contributed by atoms with E-state index in [1.54, 1.807) is 38.1 Å². The van der Waals surface area contributed by atoms with Gasteiger partial charge in [-0.1, -0.05) is 11.6 Å². The Morgan fingerprint density at radius 1 is 1.25 bits per heavy atom. The minimum Gasteiger partial charge on any atom is -0.492 e. The number of aromatic nitrogens is 2. The van der Waals surface area contributed by atoms with Gasteiger partial charge in [-0.2, -0.15) is 0 Å². The molecule has 0 unspecified atom stereocenters. The van der Waals surface area contributed by atoms with Crippen molar-refractivity contribution in [2.45, 2.75) is 6.92 Å². The van der Waals surface area contributed by atoms with E-state index in [0.29, 0.717) is 34.8 Å². The van der Waals surface area contributed by atoms with Gasteiger partial charge >= 0.3 is 0 Å². The largest absolute Gasteiger partial charge is 0.492 e. The minimum atomic E-state index is -0.912. The number of halogens is 3. The standard InChI is InChI=1S/C22H22ClF2N5O2/c1-4-32-20-11-18-14(10-19(20)29-22(31)17(25)7-8-30(2)3)21(27-12-26-18)28-13-5-6-16(24)15(23)9-13/h5-7,9-12H,4,8H2,1-3H3,(H,29,31)(H,26,27,28)/b17-7-. The van der Waals surface area contributed by atoms with Crippen molar-refractivity contribution in [3.05, 3.63) is 59.4 Å². The van der Waals surface area contributed by atoms with Crippen LogP contribution in [-0.2, 0) is 4.79 Å². The molecular formula is C22H22ClF2N5O2. The third-order valence-electron chi connectivity index (χ3n) is 4.32. The molecule has 10 heteroatoms. The van der Waals surface area contributed by atoms with E-state index < -0.39 is 17.6 Å². The number of nitrogens with zero attached hydrogens (tertiary/aromatic N) is 3. The molecule has 32 heavy (non-hydrogen) atoms. The highest BCUT2D eigenvalue weighted by Gasteiger charge is 2.16. The van der Waals surface area contributed by atoms with E-state index in [-0.39, 0.29) is 17.3 Å². The Balaban J connectivity index is 1.99. The van der Waals surface area contributed by atoms with Crippen molar-refractivity contribution >= 4 is 45.6 Å². The van der Waals surface area contributed by atoms with Gasteiger partial charge in [0.2, 0.25) is 0 Å². The lowest BCUT2D eigenvalue weighted by molar-refractivity contribution is -0.114. The van der Waals surface area contributed by atoms with E-state index in [0.717, 1.165) is 0 Å². The summed E-state index contributed by atoms with van der Waals surface area (Å²) in [6, 6.07) is 7.38. The highest BCUT2D eigenvalue weighted by atomic mass is 35.5. The van der Waals surface area contributed by atoms with Gasteiger partial charge in [0.05, 0.1) is 22.8 Å². The summed E-state index contributed by atoms with van der Waals surface area (Å²) >= 11 is 5.86. The van der Waals surface area contributed by atoms with Crippen molar-refractivity contribution in [1.29, 1.82) is 0 Å². The minimum absolute atomic E-state index is 0.0417. The Labute approximate surface area is 189 Å². The van der Waals surface area contributed by atoms with Crippen LogP contribution in [0.5, 0.6) is 5.75 Å². The first-order valence-electron chi connectivity index (χ1n) is 9.73. The van der Waals surface area contributed by atoms with Gasteiger partial charge in [0.15, 0.2) is 5.83 Å². The van der Waals surface area contributed by atoms with E-state index in [2.05, 4.69) is 20.6 Å². The van der Waals surface area contributed by atoms with Crippen LogP contribution in [0.25, 0.3) is 10.9 Å². The Hall–Kier alpha value is -3.30. The number of nitrogens with one attached hydrogen (secondary N) is 2. The number of carbonyl (C=O) groups excluding carboxylic acids is 1. The molecule has 1 amide bonds. The number of fused-ring (bicyclic) bond motifs is 1. The molecule has 0 aliphatic heterocycles. The average Bonchev–Trinajstić information content (AvgIpc) is 2.75. The monoisotopic (exact) mass is 461 g/mol. The average molecular weight is 462 g/mol. The number of hydrogen-bond acceptors (Lipinski definition) is 6. The number of likely N-dealkylation sites (N-methyl/N-ethyl adjacent to an activating group) is 1. The molecule has 0 atom stereocenters. The number of anilines is 3. The molecule has 3 aromatic rings. The lowest BCUT2D eigenvalue weighted by Gasteiger charge is -2.14. The van der Waals surface area contributed by atoms with Crippen LogP contribution in [0.3, 0.4) is 0 Å². The van der Waals surface area contributed by atoms with Crippen LogP contribution in [-0.4, -0.2) is 48.0 Å². The fraction of sp³-hybridized carbons (Fsp3) is 0.227. The topological polar surface area (TPSA) is 79.4 Å². The van der Waals surface area contributed by atoms with E-state index in [1.807, 2.05) is 0 Å². The third-order valence-corrected chi connectivity index (χ3v) is 4.61. The highest BCUT2D eigenvalue weighted by molar-refractivity contribution is 6.31. The molecule has 7 nitrogen and oxygen atoms in total. The molecule has 0 saturated carbocycles. The fourth-order valence-corrected chi connectivity index (χ4v) is 2.98. The van der Waals surface area contributed by atoms with Gasteiger partial charge in [-0.05, 0) is 51.4 Å². The molecule has 1 heterocycles. The zero-order chi connectivity index (χ0) is 23.3. The Bertz CT molecular complexity index is 1170. The maximum absolute atomic E-state index is 14.2. The first-order chi connectivity index (χ1) is 15.3. The van der Waals surface area contributed by atoms with Crippen LogP contribution in [0.1, 0.15) is 6.92 Å². The van der Waals surface area contributed by atoms with Crippen molar-refractivity contribution in [1.82, 2.24) is 14.9 Å². The molecule has 2 N–H and O–H groups in total. The molecule has 2 aromatic carbocycles. The summed E-state index contributed by atoms with van der Waals surface area (Å²) in [5, 5.41) is 6.08. The Morgan fingerprint density at radius 3 is 2.72 bits per heavy atom. The Morgan fingerprint density at radius 2 is 2.03 bits per heavy atom. The second-order valence-electron chi connectivity index (χ2n) is 7.04. The van der Waals surface area contributed by atoms with E-state index >= 15 is 0 Å². The number of rotatable bonds is 8. The van der Waals surface area contributed by atoms with Gasteiger partial charge in [0.25, 0.3) is 5.91 Å². The van der Waals surface area contributed by atoms with Gasteiger partial charge in [0.1, 0.15) is 23.7 Å². The number of benzene rings is 2. The van der Waals surface area contributed by atoms with E-state index in [9.17, 15) is 13.6 Å². The van der Waals surface area contributed by atoms with Crippen molar-refractivity contribution in [3.8, 4) is 5.75 Å². The Kier molecular flexibility index (Phi) is 7.55. The zero-order valence-corrected chi connectivity index (χ0v) is 18.5. The molecule has 0 spiro atoms. The summed E-state index contributed by atoms with van der Waals surface area (Å²) in [7, 11) is 3.53. The number of ether oxygens (including phenoxy) is 1. The predicted octanol–water partition coefficient (Wildman–Crippen LogP) is 4.92. The smallest absolute Gasteiger partial charge is 0.284 e. The lowest BCUT2D eigenvalue weighted by Crippen LogP contribution is -2.16. The summed E-state index contributed by atoms with van der Waals surface area (Å²) < 4.78 is 33.3. The molecule has 0 bridgehead atoms. The van der Waals surface area contributed by atoms with E-state index in [1.165, 1.54) is 30.6 Å². The van der Waals surface area contributed by atoms with Crippen LogP contribution in [0.4, 0.5) is 26.0 Å². The second-order valence-corrected chi connectivity index (χ2v) is 7.45. The summed E-state index contributed by atoms with van der Waals surface area (Å²) in [5.41, 5.74) is 1.29. The number of carbonyl (C=O) groups is 1.